The number of rotatable bonds is 6. The predicted octanol–water partition coefficient (Wildman–Crippen LogP) is 2.55. The molecule has 0 radical (unpaired) electrons. The molecule has 0 fully saturated rings. The number of nitrogens with zero attached hydrogens (tertiary/aromatic N) is 5. The summed E-state index contributed by atoms with van der Waals surface area (Å²) in [4.78, 5) is 0.227. The topological polar surface area (TPSA) is 94.1 Å². The molecule has 0 aliphatic heterocycles. The number of aromatic nitrogens is 4. The maximum atomic E-state index is 12.7. The summed E-state index contributed by atoms with van der Waals surface area (Å²) in [6.07, 6.45) is 0. The number of hydrogen-bond donors (Lipinski definition) is 0. The Bertz CT molecular complexity index is 1050. The van der Waals surface area contributed by atoms with Crippen molar-refractivity contribution in [3.8, 4) is 11.5 Å². The molecule has 0 spiro atoms. The predicted molar refractivity (Wildman–Crippen MR) is 101 cm³/mol. The Morgan fingerprint density at radius 2 is 1.78 bits per heavy atom. The van der Waals surface area contributed by atoms with Crippen molar-refractivity contribution in [2.24, 2.45) is 0 Å². The van der Waals surface area contributed by atoms with E-state index in [4.69, 9.17) is 4.42 Å². The summed E-state index contributed by atoms with van der Waals surface area (Å²) in [5.74, 6) is 0.786. The Morgan fingerprint density at radius 3 is 2.41 bits per heavy atom. The fraction of sp³-hybridized carbons (Fsp3) is 0.389. The minimum atomic E-state index is -3.58. The Balaban J connectivity index is 1.90. The molecule has 0 saturated heterocycles. The lowest BCUT2D eigenvalue weighted by atomic mass is 10.1. The zero-order chi connectivity index (χ0) is 19.8. The van der Waals surface area contributed by atoms with Crippen molar-refractivity contribution in [3.63, 3.8) is 0 Å². The van der Waals surface area contributed by atoms with E-state index in [1.54, 1.807) is 32.5 Å². The standard InChI is InChI=1S/C18H23N5O3S/c1-6-22(5)27(24,25)17-13(3)21-23(14(17)4)11-16-19-20-18(26-16)15-9-7-12(2)8-10-15/h7-10H,6,11H2,1-5H3. The molecule has 2 heterocycles. The molecule has 8 nitrogen and oxygen atoms in total. The van der Waals surface area contributed by atoms with Crippen molar-refractivity contribution >= 4 is 10.0 Å². The van der Waals surface area contributed by atoms with E-state index in [1.165, 1.54) is 4.31 Å². The van der Waals surface area contributed by atoms with Gasteiger partial charge in [0.1, 0.15) is 11.4 Å². The Labute approximate surface area is 158 Å². The smallest absolute Gasteiger partial charge is 0.247 e. The van der Waals surface area contributed by atoms with E-state index in [0.717, 1.165) is 11.1 Å². The summed E-state index contributed by atoms with van der Waals surface area (Å²) in [7, 11) is -2.03. The van der Waals surface area contributed by atoms with Crippen LogP contribution in [0.15, 0.2) is 33.6 Å². The lowest BCUT2D eigenvalue weighted by Gasteiger charge is -2.15. The lowest BCUT2D eigenvalue weighted by Crippen LogP contribution is -2.27. The minimum absolute atomic E-state index is 0.205. The van der Waals surface area contributed by atoms with Gasteiger partial charge >= 0.3 is 0 Å². The zero-order valence-corrected chi connectivity index (χ0v) is 16.9. The van der Waals surface area contributed by atoms with Crippen LogP contribution >= 0.6 is 0 Å². The fourth-order valence-corrected chi connectivity index (χ4v) is 4.34. The van der Waals surface area contributed by atoms with Crippen molar-refractivity contribution in [1.29, 1.82) is 0 Å². The highest BCUT2D eigenvalue weighted by Gasteiger charge is 2.28. The molecule has 3 rings (SSSR count). The first-order chi connectivity index (χ1) is 12.7. The van der Waals surface area contributed by atoms with Crippen LogP contribution in [0.2, 0.25) is 0 Å². The Morgan fingerprint density at radius 1 is 1.11 bits per heavy atom. The second-order valence-electron chi connectivity index (χ2n) is 6.44. The molecule has 1 aromatic carbocycles. The third kappa shape index (κ3) is 3.65. The summed E-state index contributed by atoms with van der Waals surface area (Å²) >= 11 is 0. The van der Waals surface area contributed by atoms with Crippen LogP contribution in [0.3, 0.4) is 0 Å². The highest BCUT2D eigenvalue weighted by molar-refractivity contribution is 7.89. The quantitative estimate of drug-likeness (QED) is 0.643. The third-order valence-corrected chi connectivity index (χ3v) is 6.66. The highest BCUT2D eigenvalue weighted by atomic mass is 32.2. The van der Waals surface area contributed by atoms with Gasteiger partial charge in [0, 0.05) is 19.2 Å². The summed E-state index contributed by atoms with van der Waals surface area (Å²) in [5.41, 5.74) is 2.97. The van der Waals surface area contributed by atoms with Gasteiger partial charge in [0.2, 0.25) is 21.8 Å². The van der Waals surface area contributed by atoms with E-state index in [2.05, 4.69) is 15.3 Å². The monoisotopic (exact) mass is 389 g/mol. The van der Waals surface area contributed by atoms with Crippen LogP contribution in [0.25, 0.3) is 11.5 Å². The molecule has 0 bridgehead atoms. The third-order valence-electron chi connectivity index (χ3n) is 4.48. The summed E-state index contributed by atoms with van der Waals surface area (Å²) in [6, 6.07) is 7.78. The van der Waals surface area contributed by atoms with Crippen molar-refractivity contribution in [2.45, 2.75) is 39.1 Å². The van der Waals surface area contributed by atoms with Crippen LogP contribution < -0.4 is 0 Å². The first-order valence-corrected chi connectivity index (χ1v) is 10.1. The second-order valence-corrected chi connectivity index (χ2v) is 8.43. The van der Waals surface area contributed by atoms with E-state index in [0.29, 0.717) is 29.7 Å². The minimum Gasteiger partial charge on any atom is -0.419 e. The first-order valence-electron chi connectivity index (χ1n) is 8.63. The van der Waals surface area contributed by atoms with E-state index in [-0.39, 0.29) is 11.4 Å². The average Bonchev–Trinajstić information content (AvgIpc) is 3.20. The van der Waals surface area contributed by atoms with E-state index >= 15 is 0 Å². The van der Waals surface area contributed by atoms with Crippen molar-refractivity contribution in [1.82, 2.24) is 24.3 Å². The van der Waals surface area contributed by atoms with Gasteiger partial charge in [0.25, 0.3) is 0 Å². The first kappa shape index (κ1) is 19.2. The molecule has 3 aromatic rings. The largest absolute Gasteiger partial charge is 0.419 e. The lowest BCUT2D eigenvalue weighted by molar-refractivity contribution is 0.467. The Kier molecular flexibility index (Phi) is 5.16. The summed E-state index contributed by atoms with van der Waals surface area (Å²) in [5, 5.41) is 12.5. The van der Waals surface area contributed by atoms with Gasteiger partial charge in [-0.05, 0) is 32.9 Å². The maximum Gasteiger partial charge on any atom is 0.247 e. The molecule has 9 heteroatoms. The molecule has 27 heavy (non-hydrogen) atoms. The van der Waals surface area contributed by atoms with Crippen molar-refractivity contribution in [2.75, 3.05) is 13.6 Å². The van der Waals surface area contributed by atoms with Crippen LogP contribution in [0, 0.1) is 20.8 Å². The molecule has 144 valence electrons. The Hall–Kier alpha value is -2.52. The second kappa shape index (κ2) is 7.24. The fourth-order valence-electron chi connectivity index (χ4n) is 2.79. The number of aryl methyl sites for hydroxylation is 2. The molecule has 0 aliphatic carbocycles. The van der Waals surface area contributed by atoms with Gasteiger partial charge in [-0.1, -0.05) is 24.6 Å². The van der Waals surface area contributed by atoms with Crippen molar-refractivity contribution in [3.05, 3.63) is 47.1 Å². The molecule has 0 N–H and O–H groups in total. The van der Waals surface area contributed by atoms with Gasteiger partial charge in [0.05, 0.1) is 11.4 Å². The van der Waals surface area contributed by atoms with Crippen LogP contribution in [-0.4, -0.2) is 46.3 Å². The molecule has 0 saturated carbocycles. The van der Waals surface area contributed by atoms with Gasteiger partial charge in [-0.3, -0.25) is 4.68 Å². The summed E-state index contributed by atoms with van der Waals surface area (Å²) < 4.78 is 34.0. The van der Waals surface area contributed by atoms with Gasteiger partial charge in [-0.15, -0.1) is 10.2 Å². The van der Waals surface area contributed by atoms with E-state index in [1.807, 2.05) is 31.2 Å². The SMILES string of the molecule is CCN(C)S(=O)(=O)c1c(C)nn(Cc2nnc(-c3ccc(C)cc3)o2)c1C. The maximum absolute atomic E-state index is 12.7. The van der Waals surface area contributed by atoms with Crippen molar-refractivity contribution < 1.29 is 12.8 Å². The van der Waals surface area contributed by atoms with E-state index < -0.39 is 10.0 Å². The van der Waals surface area contributed by atoms with Crippen LogP contribution in [-0.2, 0) is 16.6 Å². The molecule has 2 aromatic heterocycles. The van der Waals surface area contributed by atoms with Crippen LogP contribution in [0.4, 0.5) is 0 Å². The zero-order valence-electron chi connectivity index (χ0n) is 16.1. The molecule has 0 atom stereocenters. The normalized spacial score (nSPS) is 12.1. The van der Waals surface area contributed by atoms with Gasteiger partial charge < -0.3 is 4.42 Å². The molecule has 0 aliphatic rings. The van der Waals surface area contributed by atoms with E-state index in [9.17, 15) is 8.42 Å². The van der Waals surface area contributed by atoms with Crippen LogP contribution in [0.5, 0.6) is 0 Å². The molecule has 0 unspecified atom stereocenters. The average molecular weight is 389 g/mol. The molecular formula is C18H23N5O3S. The number of benzene rings is 1. The highest BCUT2D eigenvalue weighted by Crippen LogP contribution is 2.24. The van der Waals surface area contributed by atoms with Gasteiger partial charge in [-0.25, -0.2) is 12.7 Å². The number of hydrogen-bond acceptors (Lipinski definition) is 6. The summed E-state index contributed by atoms with van der Waals surface area (Å²) in [6.45, 7) is 7.80. The van der Waals surface area contributed by atoms with Crippen LogP contribution in [0.1, 0.15) is 29.8 Å². The van der Waals surface area contributed by atoms with Gasteiger partial charge in [0.15, 0.2) is 0 Å². The molecular weight excluding hydrogens is 366 g/mol. The number of sulfonamides is 1. The van der Waals surface area contributed by atoms with Gasteiger partial charge in [-0.2, -0.15) is 5.10 Å². The molecule has 0 amide bonds.